The van der Waals surface area contributed by atoms with Gasteiger partial charge in [0.2, 0.25) is 11.7 Å². The molecular formula is C37H43Cl2N3O6. The third-order valence-corrected chi connectivity index (χ3v) is 10.8. The van der Waals surface area contributed by atoms with E-state index in [1.165, 1.54) is 21.3 Å². The summed E-state index contributed by atoms with van der Waals surface area (Å²) in [6.07, 6.45) is 3.53. The molecule has 0 aliphatic carbocycles. The topological polar surface area (TPSA) is 80.8 Å². The van der Waals surface area contributed by atoms with Crippen molar-refractivity contribution in [3.8, 4) is 17.2 Å². The summed E-state index contributed by atoms with van der Waals surface area (Å²) in [5, 5.41) is 0.817. The minimum absolute atomic E-state index is 0.220. The van der Waals surface area contributed by atoms with E-state index in [4.69, 9.17) is 42.1 Å². The Hall–Kier alpha value is -3.50. The Morgan fingerprint density at radius 1 is 0.854 bits per heavy atom. The highest BCUT2D eigenvalue weighted by molar-refractivity contribution is 6.42. The Bertz CT molecular complexity index is 1580. The van der Waals surface area contributed by atoms with Crippen LogP contribution in [0.25, 0.3) is 0 Å². The summed E-state index contributed by atoms with van der Waals surface area (Å²) < 4.78 is 23.1. The van der Waals surface area contributed by atoms with Crippen molar-refractivity contribution in [1.82, 2.24) is 14.7 Å². The van der Waals surface area contributed by atoms with Crippen LogP contribution in [0.5, 0.6) is 17.2 Å². The van der Waals surface area contributed by atoms with Crippen molar-refractivity contribution in [3.05, 3.63) is 87.4 Å². The molecule has 9 nitrogen and oxygen atoms in total. The second kappa shape index (κ2) is 14.9. The first-order valence-corrected chi connectivity index (χ1v) is 17.3. The van der Waals surface area contributed by atoms with Gasteiger partial charge >= 0.3 is 0 Å². The number of hydrogen-bond acceptors (Lipinski definition) is 7. The third kappa shape index (κ3) is 6.83. The van der Waals surface area contributed by atoms with Gasteiger partial charge in [0, 0.05) is 30.8 Å². The normalized spacial score (nSPS) is 20.9. The number of likely N-dealkylation sites (tertiary alicyclic amines) is 2. The number of nitrogens with zero attached hydrogens (tertiary/aromatic N) is 3. The van der Waals surface area contributed by atoms with E-state index < -0.39 is 11.6 Å². The van der Waals surface area contributed by atoms with Gasteiger partial charge in [-0.2, -0.15) is 0 Å². The summed E-state index contributed by atoms with van der Waals surface area (Å²) in [7, 11) is 4.56. The van der Waals surface area contributed by atoms with Crippen molar-refractivity contribution in [2.75, 3.05) is 60.6 Å². The summed E-state index contributed by atoms with van der Waals surface area (Å²) in [4.78, 5) is 34.3. The monoisotopic (exact) mass is 695 g/mol. The van der Waals surface area contributed by atoms with E-state index in [2.05, 4.69) is 21.9 Å². The van der Waals surface area contributed by atoms with Crippen LogP contribution in [-0.2, 0) is 14.9 Å². The van der Waals surface area contributed by atoms with E-state index in [0.29, 0.717) is 39.4 Å². The molecule has 0 aromatic heterocycles. The zero-order chi connectivity index (χ0) is 33.8. The summed E-state index contributed by atoms with van der Waals surface area (Å²) in [6.45, 7) is 4.49. The molecule has 3 heterocycles. The SMILES string of the molecule is COc1cc(C(=O)N2CC(CCN3CCC(C(=O)N4CCCC4)(c4ccccc4)CC3)OC2c2ccc(Cl)c(Cl)c2)cc(OC)c1OC. The van der Waals surface area contributed by atoms with Gasteiger partial charge in [0.25, 0.3) is 5.91 Å². The van der Waals surface area contributed by atoms with Crippen molar-refractivity contribution >= 4 is 35.0 Å². The van der Waals surface area contributed by atoms with E-state index in [9.17, 15) is 9.59 Å². The van der Waals surface area contributed by atoms with Crippen LogP contribution >= 0.6 is 23.2 Å². The molecule has 0 spiro atoms. The Kier molecular flexibility index (Phi) is 10.7. The third-order valence-electron chi connectivity index (χ3n) is 10.0. The number of ether oxygens (including phenoxy) is 4. The fourth-order valence-electron chi connectivity index (χ4n) is 7.35. The maximum absolute atomic E-state index is 14.1. The summed E-state index contributed by atoms with van der Waals surface area (Å²) in [5.74, 6) is 1.23. The number of benzene rings is 3. The van der Waals surface area contributed by atoms with Crippen LogP contribution in [0.4, 0.5) is 0 Å². The first-order chi connectivity index (χ1) is 23.3. The predicted octanol–water partition coefficient (Wildman–Crippen LogP) is 6.61. The van der Waals surface area contributed by atoms with Gasteiger partial charge in [-0.1, -0.05) is 59.6 Å². The number of piperidine rings is 1. The number of hydrogen-bond donors (Lipinski definition) is 0. The van der Waals surface area contributed by atoms with Crippen LogP contribution in [0, 0.1) is 0 Å². The zero-order valence-electron chi connectivity index (χ0n) is 27.8. The van der Waals surface area contributed by atoms with Crippen molar-refractivity contribution in [2.45, 2.75) is 49.9 Å². The first-order valence-electron chi connectivity index (χ1n) is 16.6. The zero-order valence-corrected chi connectivity index (χ0v) is 29.3. The molecule has 2 unspecified atom stereocenters. The highest BCUT2D eigenvalue weighted by Crippen LogP contribution is 2.42. The second-order valence-electron chi connectivity index (χ2n) is 12.7. The van der Waals surface area contributed by atoms with Crippen LogP contribution in [-0.4, -0.2) is 93.2 Å². The number of methoxy groups -OCH3 is 3. The molecule has 0 N–H and O–H groups in total. The molecule has 0 saturated carbocycles. The summed E-state index contributed by atoms with van der Waals surface area (Å²) >= 11 is 12.6. The second-order valence-corrected chi connectivity index (χ2v) is 13.5. The molecular weight excluding hydrogens is 653 g/mol. The van der Waals surface area contributed by atoms with E-state index in [1.807, 2.05) is 24.3 Å². The molecule has 48 heavy (non-hydrogen) atoms. The molecule has 3 aliphatic rings. The summed E-state index contributed by atoms with van der Waals surface area (Å²) in [6, 6.07) is 18.9. The van der Waals surface area contributed by atoms with Crippen molar-refractivity contribution in [2.24, 2.45) is 0 Å². The number of carbonyl (C=O) groups is 2. The van der Waals surface area contributed by atoms with Gasteiger partial charge < -0.3 is 33.6 Å². The molecule has 3 saturated heterocycles. The van der Waals surface area contributed by atoms with E-state index in [1.54, 1.807) is 29.2 Å². The maximum atomic E-state index is 14.1. The largest absolute Gasteiger partial charge is 0.493 e. The number of halogens is 2. The number of carbonyl (C=O) groups excluding carboxylic acids is 2. The molecule has 3 aromatic rings. The Balaban J connectivity index is 1.18. The number of rotatable bonds is 10. The molecule has 0 radical (unpaired) electrons. The van der Waals surface area contributed by atoms with Crippen LogP contribution in [0.15, 0.2) is 60.7 Å². The lowest BCUT2D eigenvalue weighted by Crippen LogP contribution is -2.52. The standard InChI is InChI=1S/C37H43Cl2N3O6/c1-45-31-22-26(23-32(46-2)33(31)47-3)34(43)42-24-28(48-35(42)25-11-12-29(38)30(39)21-25)13-18-40-19-14-37(15-20-40,27-9-5-4-6-10-27)36(44)41-16-7-8-17-41/h4-6,9-12,21-23,28,35H,7-8,13-20,24H2,1-3H3. The van der Waals surface area contributed by atoms with Gasteiger partial charge in [0.1, 0.15) is 0 Å². The molecule has 2 atom stereocenters. The lowest BCUT2D eigenvalue weighted by atomic mass is 9.71. The van der Waals surface area contributed by atoms with E-state index >= 15 is 0 Å². The van der Waals surface area contributed by atoms with Gasteiger partial charge in [-0.05, 0) is 75.0 Å². The van der Waals surface area contributed by atoms with Crippen molar-refractivity contribution in [3.63, 3.8) is 0 Å². The molecule has 3 aliphatic heterocycles. The van der Waals surface area contributed by atoms with Gasteiger partial charge in [-0.3, -0.25) is 9.59 Å². The average molecular weight is 697 g/mol. The van der Waals surface area contributed by atoms with Gasteiger partial charge in [-0.25, -0.2) is 0 Å². The Morgan fingerprint density at radius 3 is 2.12 bits per heavy atom. The highest BCUT2D eigenvalue weighted by Gasteiger charge is 2.46. The average Bonchev–Trinajstić information content (AvgIpc) is 3.82. The lowest BCUT2D eigenvalue weighted by molar-refractivity contribution is -0.138. The maximum Gasteiger partial charge on any atom is 0.256 e. The van der Waals surface area contributed by atoms with E-state index in [0.717, 1.165) is 76.0 Å². The molecule has 3 fully saturated rings. The Labute approximate surface area is 292 Å². The fraction of sp³-hybridized carbons (Fsp3) is 0.459. The van der Waals surface area contributed by atoms with Crippen LogP contribution in [0.3, 0.4) is 0 Å². The predicted molar refractivity (Wildman–Crippen MR) is 185 cm³/mol. The minimum atomic E-state index is -0.665. The molecule has 3 aromatic carbocycles. The van der Waals surface area contributed by atoms with Gasteiger partial charge in [0.05, 0.1) is 49.4 Å². The molecule has 11 heteroatoms. The molecule has 2 amide bonds. The summed E-state index contributed by atoms with van der Waals surface area (Å²) in [5.41, 5.74) is 1.74. The van der Waals surface area contributed by atoms with Crippen LogP contribution in [0.2, 0.25) is 10.0 Å². The lowest BCUT2D eigenvalue weighted by Gasteiger charge is -2.43. The Morgan fingerprint density at radius 2 is 1.52 bits per heavy atom. The molecule has 256 valence electrons. The van der Waals surface area contributed by atoms with Crippen LogP contribution < -0.4 is 14.2 Å². The van der Waals surface area contributed by atoms with Gasteiger partial charge in [0.15, 0.2) is 17.7 Å². The minimum Gasteiger partial charge on any atom is -0.493 e. The molecule has 0 bridgehead atoms. The van der Waals surface area contributed by atoms with Crippen molar-refractivity contribution in [1.29, 1.82) is 0 Å². The number of amides is 2. The smallest absolute Gasteiger partial charge is 0.256 e. The fourth-order valence-corrected chi connectivity index (χ4v) is 7.66. The van der Waals surface area contributed by atoms with Crippen LogP contribution in [0.1, 0.15) is 59.8 Å². The van der Waals surface area contributed by atoms with E-state index in [-0.39, 0.29) is 17.9 Å². The first kappa shape index (κ1) is 34.4. The van der Waals surface area contributed by atoms with Crippen molar-refractivity contribution < 1.29 is 28.5 Å². The quantitative estimate of drug-likeness (QED) is 0.236. The molecule has 6 rings (SSSR count). The van der Waals surface area contributed by atoms with Gasteiger partial charge in [-0.15, -0.1) is 0 Å². The highest BCUT2D eigenvalue weighted by atomic mass is 35.5.